The van der Waals surface area contributed by atoms with Crippen LogP contribution < -0.4 is 5.32 Å². The fourth-order valence-electron chi connectivity index (χ4n) is 1.38. The van der Waals surface area contributed by atoms with E-state index in [2.05, 4.69) is 23.8 Å². The molecular weight excluding hydrogens is 148 g/mol. The Balaban J connectivity index is 2.62. The van der Waals surface area contributed by atoms with Crippen LogP contribution in [-0.4, -0.2) is 18.9 Å². The second-order valence-electron chi connectivity index (χ2n) is 3.64. The molecule has 0 aromatic carbocycles. The summed E-state index contributed by atoms with van der Waals surface area (Å²) >= 11 is 0. The fourth-order valence-corrected chi connectivity index (χ4v) is 1.38. The zero-order chi connectivity index (χ0) is 8.97. The summed E-state index contributed by atoms with van der Waals surface area (Å²) in [7, 11) is 0. The average Bonchev–Trinajstić information content (AvgIpc) is 1.95. The van der Waals surface area contributed by atoms with Gasteiger partial charge in [-0.2, -0.15) is 0 Å². The van der Waals surface area contributed by atoms with Gasteiger partial charge in [0.05, 0.1) is 6.67 Å². The number of aliphatic imine (C=N–C) groups is 1. The molecular formula is C10H18N2. The molecule has 2 nitrogen and oxygen atoms in total. The van der Waals surface area contributed by atoms with Crippen molar-refractivity contribution >= 4 is 5.71 Å². The molecule has 0 radical (unpaired) electrons. The van der Waals surface area contributed by atoms with E-state index >= 15 is 0 Å². The zero-order valence-corrected chi connectivity index (χ0v) is 8.06. The van der Waals surface area contributed by atoms with Crippen LogP contribution in [0.4, 0.5) is 0 Å². The lowest BCUT2D eigenvalue weighted by atomic mass is 9.97. The molecule has 12 heavy (non-hydrogen) atoms. The smallest absolute Gasteiger partial charge is 0.0887 e. The molecule has 0 spiro atoms. The van der Waals surface area contributed by atoms with Gasteiger partial charge in [-0.05, 0) is 37.8 Å². The molecule has 1 aliphatic heterocycles. The monoisotopic (exact) mass is 166 g/mol. The van der Waals surface area contributed by atoms with Gasteiger partial charge in [0, 0.05) is 5.71 Å². The number of hydrogen-bond donors (Lipinski definition) is 1. The lowest BCUT2D eigenvalue weighted by molar-refractivity contribution is 0.507. The molecule has 1 unspecified atom stereocenters. The van der Waals surface area contributed by atoms with Crippen molar-refractivity contribution in [2.45, 2.75) is 26.7 Å². The quantitative estimate of drug-likeness (QED) is 0.633. The number of nitrogens with zero attached hydrogens (tertiary/aromatic N) is 1. The van der Waals surface area contributed by atoms with Crippen molar-refractivity contribution in [1.82, 2.24) is 5.32 Å². The van der Waals surface area contributed by atoms with Gasteiger partial charge >= 0.3 is 0 Å². The predicted octanol–water partition coefficient (Wildman–Crippen LogP) is 1.98. The molecule has 0 amide bonds. The molecule has 1 atom stereocenters. The Kier molecular flexibility index (Phi) is 3.48. The van der Waals surface area contributed by atoms with E-state index in [9.17, 15) is 0 Å². The van der Waals surface area contributed by atoms with Gasteiger partial charge in [0.25, 0.3) is 0 Å². The van der Waals surface area contributed by atoms with Crippen LogP contribution in [0.25, 0.3) is 0 Å². The van der Waals surface area contributed by atoms with Gasteiger partial charge < -0.3 is 0 Å². The first kappa shape index (κ1) is 9.46. The number of nitrogens with one attached hydrogen (secondary N) is 1. The Morgan fingerprint density at radius 1 is 1.67 bits per heavy atom. The number of rotatable bonds is 1. The standard InChI is InChI=1S/C10H18N2/c1-8(2)10-6-9(3)4-5-11-7-12-10/h9,11H,1,4-7H2,2-3H3. The molecule has 0 bridgehead atoms. The SMILES string of the molecule is C=C(C)C1=NCNCCC(C)C1. The van der Waals surface area contributed by atoms with Crippen LogP contribution in [0, 0.1) is 5.92 Å². The van der Waals surface area contributed by atoms with Gasteiger partial charge in [0.2, 0.25) is 0 Å². The summed E-state index contributed by atoms with van der Waals surface area (Å²) in [5.74, 6) is 0.730. The molecule has 2 heteroatoms. The van der Waals surface area contributed by atoms with Crippen LogP contribution in [0.3, 0.4) is 0 Å². The first-order valence-corrected chi connectivity index (χ1v) is 4.60. The summed E-state index contributed by atoms with van der Waals surface area (Å²) in [6.45, 7) is 10.1. The number of allylic oxidation sites excluding steroid dienone is 1. The lowest BCUT2D eigenvalue weighted by Crippen LogP contribution is -2.23. The summed E-state index contributed by atoms with van der Waals surface area (Å²) < 4.78 is 0. The first-order chi connectivity index (χ1) is 5.70. The predicted molar refractivity (Wildman–Crippen MR) is 53.5 cm³/mol. The Morgan fingerprint density at radius 3 is 3.08 bits per heavy atom. The highest BCUT2D eigenvalue weighted by Crippen LogP contribution is 2.13. The maximum atomic E-state index is 4.44. The minimum atomic E-state index is 0.730. The average molecular weight is 166 g/mol. The maximum Gasteiger partial charge on any atom is 0.0887 e. The van der Waals surface area contributed by atoms with E-state index in [0.717, 1.165) is 31.1 Å². The van der Waals surface area contributed by atoms with E-state index in [-0.39, 0.29) is 0 Å². The summed E-state index contributed by atoms with van der Waals surface area (Å²) in [6.07, 6.45) is 2.34. The van der Waals surface area contributed by atoms with E-state index in [1.807, 2.05) is 6.92 Å². The normalized spacial score (nSPS) is 25.5. The largest absolute Gasteiger partial charge is 0.298 e. The summed E-state index contributed by atoms with van der Waals surface area (Å²) in [5.41, 5.74) is 2.31. The molecule has 0 aromatic rings. The Hall–Kier alpha value is -0.630. The van der Waals surface area contributed by atoms with Crippen LogP contribution in [0.2, 0.25) is 0 Å². The fraction of sp³-hybridized carbons (Fsp3) is 0.700. The van der Waals surface area contributed by atoms with Crippen LogP contribution in [-0.2, 0) is 0 Å². The van der Waals surface area contributed by atoms with Crippen LogP contribution in [0.1, 0.15) is 26.7 Å². The second kappa shape index (κ2) is 4.41. The summed E-state index contributed by atoms with van der Waals surface area (Å²) in [5, 5.41) is 3.27. The van der Waals surface area contributed by atoms with Gasteiger partial charge in [0.15, 0.2) is 0 Å². The molecule has 1 N–H and O–H groups in total. The van der Waals surface area contributed by atoms with Crippen molar-refractivity contribution in [2.24, 2.45) is 10.9 Å². The van der Waals surface area contributed by atoms with Crippen molar-refractivity contribution in [3.05, 3.63) is 12.2 Å². The van der Waals surface area contributed by atoms with Crippen molar-refractivity contribution in [3.8, 4) is 0 Å². The lowest BCUT2D eigenvalue weighted by Gasteiger charge is -2.17. The first-order valence-electron chi connectivity index (χ1n) is 4.60. The molecule has 1 heterocycles. The maximum absolute atomic E-state index is 4.44. The van der Waals surface area contributed by atoms with Crippen LogP contribution >= 0.6 is 0 Å². The second-order valence-corrected chi connectivity index (χ2v) is 3.64. The van der Waals surface area contributed by atoms with Crippen LogP contribution in [0.15, 0.2) is 17.1 Å². The van der Waals surface area contributed by atoms with Crippen LogP contribution in [0.5, 0.6) is 0 Å². The van der Waals surface area contributed by atoms with Crippen molar-refractivity contribution < 1.29 is 0 Å². The molecule has 0 aromatic heterocycles. The highest BCUT2D eigenvalue weighted by molar-refractivity contribution is 5.99. The van der Waals surface area contributed by atoms with E-state index in [4.69, 9.17) is 0 Å². The van der Waals surface area contributed by atoms with Gasteiger partial charge in [-0.3, -0.25) is 10.3 Å². The summed E-state index contributed by atoms with van der Waals surface area (Å²) in [4.78, 5) is 4.44. The molecule has 0 saturated carbocycles. The molecule has 0 saturated heterocycles. The number of hydrogen-bond acceptors (Lipinski definition) is 2. The third kappa shape index (κ3) is 2.78. The minimum absolute atomic E-state index is 0.730. The highest BCUT2D eigenvalue weighted by atomic mass is 15.0. The molecule has 0 fully saturated rings. The van der Waals surface area contributed by atoms with Crippen molar-refractivity contribution in [2.75, 3.05) is 13.2 Å². The molecule has 1 rings (SSSR count). The van der Waals surface area contributed by atoms with Gasteiger partial charge in [-0.25, -0.2) is 0 Å². The van der Waals surface area contributed by atoms with Crippen molar-refractivity contribution in [1.29, 1.82) is 0 Å². The van der Waals surface area contributed by atoms with E-state index < -0.39 is 0 Å². The van der Waals surface area contributed by atoms with Crippen molar-refractivity contribution in [3.63, 3.8) is 0 Å². The highest BCUT2D eigenvalue weighted by Gasteiger charge is 2.09. The van der Waals surface area contributed by atoms with Gasteiger partial charge in [-0.1, -0.05) is 13.5 Å². The Morgan fingerprint density at radius 2 is 2.42 bits per heavy atom. The minimum Gasteiger partial charge on any atom is -0.298 e. The molecule has 0 aliphatic carbocycles. The molecule has 68 valence electrons. The third-order valence-electron chi connectivity index (χ3n) is 2.23. The summed E-state index contributed by atoms with van der Waals surface area (Å²) in [6, 6.07) is 0. The zero-order valence-electron chi connectivity index (χ0n) is 8.06. The molecule has 1 aliphatic rings. The van der Waals surface area contributed by atoms with Gasteiger partial charge in [0.1, 0.15) is 0 Å². The third-order valence-corrected chi connectivity index (χ3v) is 2.23. The Labute approximate surface area is 74.8 Å². The topological polar surface area (TPSA) is 24.4 Å². The van der Waals surface area contributed by atoms with E-state index in [1.54, 1.807) is 0 Å². The van der Waals surface area contributed by atoms with E-state index in [0.29, 0.717) is 0 Å². The Bertz CT molecular complexity index is 194. The van der Waals surface area contributed by atoms with E-state index in [1.165, 1.54) is 12.1 Å². The van der Waals surface area contributed by atoms with Gasteiger partial charge in [-0.15, -0.1) is 0 Å².